The maximum absolute atomic E-state index is 9.64. The summed E-state index contributed by atoms with van der Waals surface area (Å²) < 4.78 is 0. The van der Waals surface area contributed by atoms with Crippen molar-refractivity contribution in [2.24, 2.45) is 0 Å². The second kappa shape index (κ2) is 11.0. The molecule has 3 N–H and O–H groups in total. The van der Waals surface area contributed by atoms with Crippen molar-refractivity contribution in [3.8, 4) is 6.07 Å². The van der Waals surface area contributed by atoms with Crippen LogP contribution in [-0.2, 0) is 0 Å². The van der Waals surface area contributed by atoms with Crippen LogP contribution in [0, 0.1) is 25.2 Å². The first kappa shape index (κ1) is 22.9. The number of rotatable bonds is 5. The highest BCUT2D eigenvalue weighted by Crippen LogP contribution is 2.31. The maximum Gasteiger partial charge on any atom is 0.101 e. The third-order valence-corrected chi connectivity index (χ3v) is 5.34. The van der Waals surface area contributed by atoms with Gasteiger partial charge in [-0.05, 0) is 66.8 Å². The van der Waals surface area contributed by atoms with Crippen LogP contribution in [0.5, 0.6) is 0 Å². The summed E-state index contributed by atoms with van der Waals surface area (Å²) in [6.45, 7) is 6.44. The van der Waals surface area contributed by atoms with Gasteiger partial charge >= 0.3 is 0 Å². The van der Waals surface area contributed by atoms with E-state index in [1.165, 1.54) is 16.5 Å². The lowest BCUT2D eigenvalue weighted by molar-refractivity contribution is 0.295. The number of aliphatic hydroxyl groups is 1. The fourth-order valence-electron chi connectivity index (χ4n) is 3.45. The van der Waals surface area contributed by atoms with Crippen molar-refractivity contribution in [3.63, 3.8) is 0 Å². The molecule has 32 heavy (non-hydrogen) atoms. The number of aryl methyl sites for hydroxylation is 2. The van der Waals surface area contributed by atoms with Gasteiger partial charge in [-0.3, -0.25) is 0 Å². The molecule has 3 aromatic carbocycles. The molecule has 0 aliphatic carbocycles. The molecule has 0 aliphatic rings. The van der Waals surface area contributed by atoms with Crippen LogP contribution in [0.15, 0.2) is 66.9 Å². The lowest BCUT2D eigenvalue weighted by atomic mass is 10.0. The van der Waals surface area contributed by atoms with E-state index in [4.69, 9.17) is 5.11 Å². The van der Waals surface area contributed by atoms with E-state index in [1.54, 1.807) is 0 Å². The zero-order valence-corrected chi connectivity index (χ0v) is 18.8. The van der Waals surface area contributed by atoms with Gasteiger partial charge in [-0.25, -0.2) is 0 Å². The van der Waals surface area contributed by atoms with Crippen LogP contribution in [0.4, 0.5) is 11.4 Å². The number of benzene rings is 3. The molecule has 4 aromatic rings. The molecule has 0 amide bonds. The average Bonchev–Trinajstić information content (AvgIpc) is 3.31. The van der Waals surface area contributed by atoms with E-state index in [9.17, 15) is 5.26 Å². The number of aromatic nitrogens is 1. The molecule has 162 valence electrons. The normalized spacial score (nSPS) is 10.6. The number of hydrogen-bond donors (Lipinski definition) is 3. The fourth-order valence-corrected chi connectivity index (χ4v) is 3.45. The summed E-state index contributed by atoms with van der Waals surface area (Å²) in [5, 5.41) is 22.2. The number of nitrogens with zero attached hydrogens (tertiary/aromatic N) is 1. The minimum absolute atomic E-state index is 0.319. The highest BCUT2D eigenvalue weighted by Gasteiger charge is 2.10. The van der Waals surface area contributed by atoms with Gasteiger partial charge in [-0.15, -0.1) is 0 Å². The van der Waals surface area contributed by atoms with Gasteiger partial charge in [0, 0.05) is 29.4 Å². The highest BCUT2D eigenvalue weighted by molar-refractivity contribution is 5.90. The number of H-pyrrole nitrogens is 1. The van der Waals surface area contributed by atoms with Gasteiger partial charge < -0.3 is 15.4 Å². The number of fused-ring (bicyclic) bond motifs is 1. The number of hydrogen-bond acceptors (Lipinski definition) is 3. The van der Waals surface area contributed by atoms with Crippen molar-refractivity contribution in [2.75, 3.05) is 11.9 Å². The van der Waals surface area contributed by atoms with Crippen LogP contribution in [0.3, 0.4) is 0 Å². The molecule has 0 radical (unpaired) electrons. The van der Waals surface area contributed by atoms with Crippen molar-refractivity contribution >= 4 is 34.4 Å². The molecule has 0 spiro atoms. The van der Waals surface area contributed by atoms with E-state index in [0.29, 0.717) is 12.2 Å². The molecule has 1 aromatic heterocycles. The van der Waals surface area contributed by atoms with Crippen molar-refractivity contribution in [1.29, 1.82) is 5.26 Å². The molecule has 4 nitrogen and oxygen atoms in total. The van der Waals surface area contributed by atoms with Crippen LogP contribution >= 0.6 is 0 Å². The summed E-state index contributed by atoms with van der Waals surface area (Å²) in [4.78, 5) is 3.24. The predicted molar refractivity (Wildman–Crippen MR) is 135 cm³/mol. The second-order valence-electron chi connectivity index (χ2n) is 7.60. The van der Waals surface area contributed by atoms with Crippen molar-refractivity contribution in [3.05, 3.63) is 94.7 Å². The molecule has 0 bridgehead atoms. The van der Waals surface area contributed by atoms with Crippen molar-refractivity contribution in [2.45, 2.75) is 27.2 Å². The van der Waals surface area contributed by atoms with Crippen molar-refractivity contribution < 1.29 is 5.11 Å². The Bertz CT molecular complexity index is 1260. The quantitative estimate of drug-likeness (QED) is 0.304. The summed E-state index contributed by atoms with van der Waals surface area (Å²) in [5.74, 6) is 0. The third kappa shape index (κ3) is 5.26. The van der Waals surface area contributed by atoms with Gasteiger partial charge in [0.1, 0.15) is 6.07 Å². The number of nitriles is 1. The van der Waals surface area contributed by atoms with Crippen LogP contribution < -0.4 is 5.32 Å². The summed E-state index contributed by atoms with van der Waals surface area (Å²) in [6.07, 6.45) is 6.98. The van der Waals surface area contributed by atoms with Crippen LogP contribution in [-0.4, -0.2) is 16.7 Å². The van der Waals surface area contributed by atoms with Crippen LogP contribution in [0.25, 0.3) is 23.1 Å². The highest BCUT2D eigenvalue weighted by atomic mass is 16.2. The molecule has 0 saturated heterocycles. The van der Waals surface area contributed by atoms with E-state index in [2.05, 4.69) is 72.7 Å². The molecule has 0 atom stereocenters. The second-order valence-corrected chi connectivity index (χ2v) is 7.60. The van der Waals surface area contributed by atoms with Gasteiger partial charge in [0.15, 0.2) is 0 Å². The lowest BCUT2D eigenvalue weighted by Crippen LogP contribution is -1.98. The number of aromatic amines is 1. The summed E-state index contributed by atoms with van der Waals surface area (Å²) in [7, 11) is 0. The minimum atomic E-state index is 0.319. The molecule has 1 heterocycles. The van der Waals surface area contributed by atoms with Gasteiger partial charge in [-0.1, -0.05) is 55.5 Å². The zero-order valence-electron chi connectivity index (χ0n) is 18.8. The number of anilines is 2. The third-order valence-electron chi connectivity index (χ3n) is 5.34. The van der Waals surface area contributed by atoms with Gasteiger partial charge in [0.05, 0.1) is 11.3 Å². The van der Waals surface area contributed by atoms with E-state index in [0.717, 1.165) is 34.4 Å². The van der Waals surface area contributed by atoms with E-state index in [-0.39, 0.29) is 0 Å². The molecule has 4 rings (SSSR count). The number of para-hydroxylation sites is 1. The monoisotopic (exact) mass is 423 g/mol. The zero-order chi connectivity index (χ0) is 22.9. The van der Waals surface area contributed by atoms with Gasteiger partial charge in [0.2, 0.25) is 0 Å². The first-order valence-corrected chi connectivity index (χ1v) is 10.8. The first-order chi connectivity index (χ1) is 15.6. The molecule has 0 unspecified atom stereocenters. The summed E-state index contributed by atoms with van der Waals surface area (Å²) >= 11 is 0. The number of nitrogens with one attached hydrogen (secondary N) is 2. The van der Waals surface area contributed by atoms with Crippen LogP contribution in [0.2, 0.25) is 0 Å². The Hall–Kier alpha value is -3.81. The SMILES string of the molecule is CCCO.Cc1ccccc1/C=C/c1cccc(C#N)c1Nc1ccc2[nH]ccc2c1C. The maximum atomic E-state index is 9.64. The Morgan fingerprint density at radius 2 is 1.69 bits per heavy atom. The van der Waals surface area contributed by atoms with E-state index >= 15 is 0 Å². The fraction of sp³-hybridized carbons (Fsp3) is 0.179. The first-order valence-electron chi connectivity index (χ1n) is 10.8. The Balaban J connectivity index is 0.000000668. The summed E-state index contributed by atoms with van der Waals surface area (Å²) in [5.41, 5.74) is 8.08. The smallest absolute Gasteiger partial charge is 0.101 e. The minimum Gasteiger partial charge on any atom is -0.396 e. The molecule has 4 heteroatoms. The molecule has 0 fully saturated rings. The lowest BCUT2D eigenvalue weighted by Gasteiger charge is -2.14. The molecular formula is C28H29N3O. The molecular weight excluding hydrogens is 394 g/mol. The molecule has 0 aliphatic heterocycles. The Morgan fingerprint density at radius 1 is 0.969 bits per heavy atom. The largest absolute Gasteiger partial charge is 0.396 e. The Labute approximate surface area is 189 Å². The van der Waals surface area contributed by atoms with Crippen LogP contribution in [0.1, 0.15) is 41.2 Å². The average molecular weight is 424 g/mol. The van der Waals surface area contributed by atoms with Crippen molar-refractivity contribution in [1.82, 2.24) is 4.98 Å². The Kier molecular flexibility index (Phi) is 7.85. The Morgan fingerprint density at radius 3 is 2.41 bits per heavy atom. The topological polar surface area (TPSA) is 71.8 Å². The predicted octanol–water partition coefficient (Wildman–Crippen LogP) is 6.96. The van der Waals surface area contributed by atoms with Gasteiger partial charge in [0.25, 0.3) is 0 Å². The standard InChI is InChI=1S/C25H21N3.C3H8O/c1-17-6-3-4-7-19(17)10-11-20-8-5-9-21(16-26)25(20)28-23-12-13-24-22(18(23)2)14-15-27-24;1-2-3-4/h3-15,27-28H,1-2H3;4H,2-3H2,1H3/b11-10+;. The van der Waals surface area contributed by atoms with Gasteiger partial charge in [-0.2, -0.15) is 5.26 Å². The van der Waals surface area contributed by atoms with E-state index in [1.807, 2.05) is 43.5 Å². The summed E-state index contributed by atoms with van der Waals surface area (Å²) in [6, 6.07) is 22.6. The van der Waals surface area contributed by atoms with E-state index < -0.39 is 0 Å². The molecule has 0 saturated carbocycles. The number of aliphatic hydroxyl groups excluding tert-OH is 1.